The molecular weight excluding hydrogens is 348 g/mol. The van der Waals surface area contributed by atoms with Crippen molar-refractivity contribution in [3.63, 3.8) is 0 Å². The largest absolute Gasteiger partial charge is 0.451 e. The lowest BCUT2D eigenvalue weighted by atomic mass is 9.90. The third-order valence-electron chi connectivity index (χ3n) is 4.48. The molecule has 1 N–H and O–H groups in total. The number of hydrogen-bond donors (Lipinski definition) is 1. The summed E-state index contributed by atoms with van der Waals surface area (Å²) in [6.45, 7) is 6.25. The van der Waals surface area contributed by atoms with E-state index in [1.165, 1.54) is 13.3 Å². The number of amides is 1. The number of fused-ring (bicyclic) bond motifs is 1. The van der Waals surface area contributed by atoms with Gasteiger partial charge in [0.15, 0.2) is 6.10 Å². The lowest BCUT2D eigenvalue weighted by Gasteiger charge is -2.28. The summed E-state index contributed by atoms with van der Waals surface area (Å²) in [5, 5.41) is 12.2. The molecule has 2 rings (SSSR count). The van der Waals surface area contributed by atoms with Crippen molar-refractivity contribution in [1.82, 2.24) is 14.9 Å². The Hall–Kier alpha value is -3.21. The van der Waals surface area contributed by atoms with E-state index in [4.69, 9.17) is 4.74 Å². The van der Waals surface area contributed by atoms with Gasteiger partial charge in [-0.1, -0.05) is 26.0 Å². The van der Waals surface area contributed by atoms with Crippen molar-refractivity contribution < 1.29 is 14.3 Å². The molecular formula is C19H22N4O4. The van der Waals surface area contributed by atoms with Crippen LogP contribution in [0.1, 0.15) is 27.7 Å². The van der Waals surface area contributed by atoms with Crippen LogP contribution in [0.15, 0.2) is 35.4 Å². The lowest BCUT2D eigenvalue weighted by Crippen LogP contribution is -2.52. The molecule has 0 saturated carbocycles. The molecule has 0 fully saturated rings. The highest BCUT2D eigenvalue weighted by atomic mass is 16.5. The fraction of sp³-hybridized carbons (Fsp3) is 0.421. The number of benzene rings is 1. The summed E-state index contributed by atoms with van der Waals surface area (Å²) < 4.78 is 6.23. The number of rotatable bonds is 6. The van der Waals surface area contributed by atoms with Crippen LogP contribution in [0.3, 0.4) is 0 Å². The Bertz CT molecular complexity index is 960. The van der Waals surface area contributed by atoms with Crippen LogP contribution < -0.4 is 10.9 Å². The van der Waals surface area contributed by atoms with Gasteiger partial charge in [0.2, 0.25) is 0 Å². The van der Waals surface area contributed by atoms with Crippen LogP contribution in [-0.2, 0) is 20.9 Å². The van der Waals surface area contributed by atoms with Gasteiger partial charge in [-0.3, -0.25) is 19.0 Å². The molecule has 0 bridgehead atoms. The first-order valence-corrected chi connectivity index (χ1v) is 8.55. The molecule has 2 atom stereocenters. The molecule has 0 aliphatic carbocycles. The van der Waals surface area contributed by atoms with E-state index in [0.717, 1.165) is 4.57 Å². The van der Waals surface area contributed by atoms with E-state index < -0.39 is 23.5 Å². The van der Waals surface area contributed by atoms with Gasteiger partial charge in [0.25, 0.3) is 11.5 Å². The molecule has 0 saturated heterocycles. The summed E-state index contributed by atoms with van der Waals surface area (Å²) in [5.74, 6) is -1.46. The van der Waals surface area contributed by atoms with Gasteiger partial charge in [0, 0.05) is 0 Å². The molecule has 8 nitrogen and oxygen atoms in total. The predicted molar refractivity (Wildman–Crippen MR) is 98.6 cm³/mol. The number of carbonyl (C=O) groups is 2. The second-order valence-electron chi connectivity index (χ2n) is 6.78. The summed E-state index contributed by atoms with van der Waals surface area (Å²) in [7, 11) is 0. The number of hydrogen-bond acceptors (Lipinski definition) is 6. The zero-order chi connectivity index (χ0) is 20.2. The second kappa shape index (κ2) is 7.99. The normalized spacial score (nSPS) is 14.2. The van der Waals surface area contributed by atoms with Crippen molar-refractivity contribution in [3.8, 4) is 6.07 Å². The van der Waals surface area contributed by atoms with Crippen molar-refractivity contribution in [2.45, 2.75) is 45.9 Å². The van der Waals surface area contributed by atoms with Crippen LogP contribution in [-0.4, -0.2) is 33.1 Å². The SMILES string of the molecule is CC(C)[C@@](C)(C#N)NC(=O)[C@H](C)OC(=O)Cn1cnc2ccccc2c1=O. The van der Waals surface area contributed by atoms with Crippen LogP contribution in [0.5, 0.6) is 0 Å². The van der Waals surface area contributed by atoms with E-state index >= 15 is 0 Å². The van der Waals surface area contributed by atoms with Gasteiger partial charge in [0.05, 0.1) is 23.3 Å². The van der Waals surface area contributed by atoms with Crippen molar-refractivity contribution in [1.29, 1.82) is 5.26 Å². The third kappa shape index (κ3) is 4.50. The fourth-order valence-electron chi connectivity index (χ4n) is 2.30. The number of esters is 1. The fourth-order valence-corrected chi connectivity index (χ4v) is 2.30. The Morgan fingerprint density at radius 2 is 2.00 bits per heavy atom. The summed E-state index contributed by atoms with van der Waals surface area (Å²) in [6, 6.07) is 8.85. The standard InChI is InChI=1S/C19H22N4O4/c1-12(2)19(4,10-20)22-17(25)13(3)27-16(24)9-23-11-21-15-8-6-5-7-14(15)18(23)26/h5-8,11-13H,9H2,1-4H3,(H,22,25)/t13-,19+/m0/s1. The Kier molecular flexibility index (Phi) is 5.95. The quantitative estimate of drug-likeness (QED) is 0.769. The predicted octanol–water partition coefficient (Wildman–Crippen LogP) is 1.38. The first-order chi connectivity index (χ1) is 12.7. The Balaban J connectivity index is 2.05. The molecule has 0 aliphatic rings. The number of nitrogens with one attached hydrogen (secondary N) is 1. The molecule has 0 radical (unpaired) electrons. The molecule has 142 valence electrons. The van der Waals surface area contributed by atoms with Gasteiger partial charge < -0.3 is 10.1 Å². The average molecular weight is 370 g/mol. The lowest BCUT2D eigenvalue weighted by molar-refractivity contribution is -0.156. The molecule has 1 amide bonds. The molecule has 27 heavy (non-hydrogen) atoms. The maximum absolute atomic E-state index is 12.4. The number of para-hydroxylation sites is 1. The van der Waals surface area contributed by atoms with Gasteiger partial charge in [-0.05, 0) is 31.9 Å². The van der Waals surface area contributed by atoms with Crippen LogP contribution in [0.2, 0.25) is 0 Å². The van der Waals surface area contributed by atoms with E-state index in [2.05, 4.69) is 16.4 Å². The Labute approximate surface area is 156 Å². The van der Waals surface area contributed by atoms with E-state index in [0.29, 0.717) is 10.9 Å². The maximum Gasteiger partial charge on any atom is 0.326 e. The van der Waals surface area contributed by atoms with Gasteiger partial charge in [0.1, 0.15) is 12.1 Å². The van der Waals surface area contributed by atoms with E-state index in [-0.39, 0.29) is 18.0 Å². The van der Waals surface area contributed by atoms with Gasteiger partial charge >= 0.3 is 5.97 Å². The average Bonchev–Trinajstić information content (AvgIpc) is 2.63. The smallest absolute Gasteiger partial charge is 0.326 e. The van der Waals surface area contributed by atoms with E-state index in [9.17, 15) is 19.6 Å². The highest BCUT2D eigenvalue weighted by Gasteiger charge is 2.32. The van der Waals surface area contributed by atoms with Crippen molar-refractivity contribution in [2.24, 2.45) is 5.92 Å². The van der Waals surface area contributed by atoms with E-state index in [1.54, 1.807) is 45.0 Å². The summed E-state index contributed by atoms with van der Waals surface area (Å²) >= 11 is 0. The van der Waals surface area contributed by atoms with Crippen LogP contribution in [0.25, 0.3) is 10.9 Å². The number of aromatic nitrogens is 2. The topological polar surface area (TPSA) is 114 Å². The monoisotopic (exact) mass is 370 g/mol. The molecule has 8 heteroatoms. The summed E-state index contributed by atoms with van der Waals surface area (Å²) in [5.41, 5.74) is -0.910. The third-order valence-corrected chi connectivity index (χ3v) is 4.48. The molecule has 0 spiro atoms. The first kappa shape index (κ1) is 20.1. The van der Waals surface area contributed by atoms with Crippen molar-refractivity contribution in [2.75, 3.05) is 0 Å². The minimum absolute atomic E-state index is 0.128. The molecule has 1 heterocycles. The molecule has 1 aromatic heterocycles. The molecule has 0 unspecified atom stereocenters. The number of ether oxygens (including phenoxy) is 1. The Morgan fingerprint density at radius 3 is 2.63 bits per heavy atom. The second-order valence-corrected chi connectivity index (χ2v) is 6.78. The summed E-state index contributed by atoms with van der Waals surface area (Å²) in [4.78, 5) is 40.9. The number of nitriles is 1. The highest BCUT2D eigenvalue weighted by molar-refractivity contribution is 5.84. The van der Waals surface area contributed by atoms with Crippen molar-refractivity contribution >= 4 is 22.8 Å². The Morgan fingerprint density at radius 1 is 1.33 bits per heavy atom. The zero-order valence-corrected chi connectivity index (χ0v) is 15.7. The van der Waals surface area contributed by atoms with Gasteiger partial charge in [-0.2, -0.15) is 5.26 Å². The number of nitrogens with zero attached hydrogens (tertiary/aromatic N) is 3. The van der Waals surface area contributed by atoms with Gasteiger partial charge in [-0.15, -0.1) is 0 Å². The molecule has 2 aromatic rings. The number of carbonyl (C=O) groups excluding carboxylic acids is 2. The molecule has 1 aromatic carbocycles. The van der Waals surface area contributed by atoms with E-state index in [1.807, 2.05) is 0 Å². The van der Waals surface area contributed by atoms with Crippen LogP contribution in [0.4, 0.5) is 0 Å². The zero-order valence-electron chi connectivity index (χ0n) is 15.7. The summed E-state index contributed by atoms with van der Waals surface area (Å²) in [6.07, 6.45) is 0.162. The van der Waals surface area contributed by atoms with Crippen molar-refractivity contribution in [3.05, 3.63) is 40.9 Å². The first-order valence-electron chi connectivity index (χ1n) is 8.55. The maximum atomic E-state index is 12.4. The van der Waals surface area contributed by atoms with Gasteiger partial charge in [-0.25, -0.2) is 4.98 Å². The molecule has 0 aliphatic heterocycles. The minimum Gasteiger partial charge on any atom is -0.451 e. The highest BCUT2D eigenvalue weighted by Crippen LogP contribution is 2.15. The van der Waals surface area contributed by atoms with Crippen LogP contribution >= 0.6 is 0 Å². The van der Waals surface area contributed by atoms with Crippen LogP contribution in [0, 0.1) is 17.2 Å². The minimum atomic E-state index is -1.10.